The molecule has 30 heavy (non-hydrogen) atoms. The highest BCUT2D eigenvalue weighted by molar-refractivity contribution is 5.89. The predicted octanol–water partition coefficient (Wildman–Crippen LogP) is 1.56. The number of amides is 2. The highest BCUT2D eigenvalue weighted by Gasteiger charge is 2.40. The van der Waals surface area contributed by atoms with Gasteiger partial charge in [-0.2, -0.15) is 5.26 Å². The van der Waals surface area contributed by atoms with Crippen LogP contribution in [0.1, 0.15) is 44.2 Å². The summed E-state index contributed by atoms with van der Waals surface area (Å²) in [5, 5.41) is 9.22. The Kier molecular flexibility index (Phi) is 6.22. The average molecular weight is 415 g/mol. The summed E-state index contributed by atoms with van der Waals surface area (Å²) in [6.07, 6.45) is 2.03. The van der Waals surface area contributed by atoms with Gasteiger partial charge in [0.2, 0.25) is 11.8 Å². The maximum Gasteiger partial charge on any atom is 0.241 e. The van der Waals surface area contributed by atoms with Crippen LogP contribution in [0.5, 0.6) is 11.5 Å². The van der Waals surface area contributed by atoms with Crippen LogP contribution >= 0.6 is 0 Å². The fourth-order valence-electron chi connectivity index (χ4n) is 4.55. The lowest BCUT2D eigenvalue weighted by molar-refractivity contribution is -0.142. The molecule has 1 aromatic rings. The molecule has 0 aromatic heterocycles. The molecule has 0 radical (unpaired) electrons. The van der Waals surface area contributed by atoms with Gasteiger partial charge >= 0.3 is 0 Å². The number of rotatable bonds is 5. The lowest BCUT2D eigenvalue weighted by atomic mass is 9.82. The third-order valence-corrected chi connectivity index (χ3v) is 6.25. The van der Waals surface area contributed by atoms with E-state index in [0.717, 1.165) is 17.5 Å². The quantitative estimate of drug-likeness (QED) is 0.783. The van der Waals surface area contributed by atoms with Gasteiger partial charge in [-0.05, 0) is 56.4 Å². The number of fused-ring (bicyclic) bond motifs is 1. The normalized spacial score (nSPS) is 20.9. The Hall–Kier alpha value is -2.79. The van der Waals surface area contributed by atoms with Crippen LogP contribution in [0, 0.1) is 11.3 Å². The van der Waals surface area contributed by atoms with Crippen LogP contribution < -0.4 is 15.2 Å². The van der Waals surface area contributed by atoms with E-state index in [0.29, 0.717) is 37.4 Å². The van der Waals surface area contributed by atoms with Gasteiger partial charge in [0.05, 0.1) is 38.3 Å². The standard InChI is InChI=1S/C22H30N4O4/c1-22(2)16-11-19(30-4)18(29-3)10-14(16)7-9-26(22)20(27)12-17(24)21(28)25-8-5-6-15(25)13-23/h10-11,15,17H,5-9,12,24H2,1-4H3. The summed E-state index contributed by atoms with van der Waals surface area (Å²) in [5.74, 6) is 0.780. The van der Waals surface area contributed by atoms with Crippen molar-refractivity contribution in [2.24, 2.45) is 5.73 Å². The molecule has 2 amide bonds. The number of nitrogens with zero attached hydrogens (tertiary/aromatic N) is 3. The monoisotopic (exact) mass is 414 g/mol. The third-order valence-electron chi connectivity index (χ3n) is 6.25. The number of methoxy groups -OCH3 is 2. The molecule has 2 aliphatic heterocycles. The van der Waals surface area contributed by atoms with E-state index in [9.17, 15) is 14.9 Å². The van der Waals surface area contributed by atoms with Crippen LogP contribution in [0.15, 0.2) is 12.1 Å². The molecule has 2 N–H and O–H groups in total. The Morgan fingerprint density at radius 2 is 1.93 bits per heavy atom. The maximum absolute atomic E-state index is 13.1. The van der Waals surface area contributed by atoms with Gasteiger partial charge in [0.1, 0.15) is 6.04 Å². The first-order valence-electron chi connectivity index (χ1n) is 10.3. The number of ether oxygens (including phenoxy) is 2. The minimum atomic E-state index is -0.950. The summed E-state index contributed by atoms with van der Waals surface area (Å²) in [4.78, 5) is 29.1. The molecule has 0 spiro atoms. The minimum absolute atomic E-state index is 0.0838. The molecule has 8 heteroatoms. The van der Waals surface area contributed by atoms with Crippen molar-refractivity contribution >= 4 is 11.8 Å². The molecule has 1 fully saturated rings. The predicted molar refractivity (Wildman–Crippen MR) is 111 cm³/mol. The largest absolute Gasteiger partial charge is 0.493 e. The molecule has 8 nitrogen and oxygen atoms in total. The summed E-state index contributed by atoms with van der Waals surface area (Å²) >= 11 is 0. The molecule has 2 aliphatic rings. The zero-order valence-corrected chi connectivity index (χ0v) is 18.1. The van der Waals surface area contributed by atoms with Gasteiger partial charge in [0, 0.05) is 13.1 Å². The zero-order valence-electron chi connectivity index (χ0n) is 18.1. The van der Waals surface area contributed by atoms with Crippen LogP contribution in [0.2, 0.25) is 0 Å². The first-order valence-corrected chi connectivity index (χ1v) is 10.3. The Morgan fingerprint density at radius 3 is 2.57 bits per heavy atom. The van der Waals surface area contributed by atoms with Crippen molar-refractivity contribution in [3.63, 3.8) is 0 Å². The van der Waals surface area contributed by atoms with Gasteiger partial charge in [0.25, 0.3) is 0 Å². The van der Waals surface area contributed by atoms with Crippen molar-refractivity contribution in [2.45, 2.75) is 57.2 Å². The summed E-state index contributed by atoms with van der Waals surface area (Å²) in [6, 6.07) is 4.63. The van der Waals surface area contributed by atoms with E-state index in [4.69, 9.17) is 15.2 Å². The Balaban J connectivity index is 1.77. The zero-order chi connectivity index (χ0) is 22.1. The number of carbonyl (C=O) groups is 2. The smallest absolute Gasteiger partial charge is 0.241 e. The lowest BCUT2D eigenvalue weighted by Gasteiger charge is -2.44. The Bertz CT molecular complexity index is 877. The molecule has 0 aliphatic carbocycles. The third kappa shape index (κ3) is 3.82. The van der Waals surface area contributed by atoms with Crippen LogP contribution in [-0.2, 0) is 21.5 Å². The highest BCUT2D eigenvalue weighted by atomic mass is 16.5. The Morgan fingerprint density at radius 1 is 1.27 bits per heavy atom. The first kappa shape index (κ1) is 21.9. The fraction of sp³-hybridized carbons (Fsp3) is 0.591. The molecule has 1 saturated heterocycles. The number of nitrogens with two attached hydrogens (primary N) is 1. The first-order chi connectivity index (χ1) is 14.2. The van der Waals surface area contributed by atoms with Crippen molar-refractivity contribution in [1.82, 2.24) is 9.80 Å². The van der Waals surface area contributed by atoms with Crippen LogP contribution in [0.3, 0.4) is 0 Å². The molecule has 0 saturated carbocycles. The number of hydrogen-bond donors (Lipinski definition) is 1. The van der Waals surface area contributed by atoms with Crippen molar-refractivity contribution in [1.29, 1.82) is 5.26 Å². The van der Waals surface area contributed by atoms with Gasteiger partial charge in [-0.3, -0.25) is 9.59 Å². The van der Waals surface area contributed by atoms with Gasteiger partial charge < -0.3 is 25.0 Å². The molecule has 0 bridgehead atoms. The lowest BCUT2D eigenvalue weighted by Crippen LogP contribution is -2.53. The second-order valence-electron chi connectivity index (χ2n) is 8.35. The molecule has 1 aromatic carbocycles. The number of carbonyl (C=O) groups excluding carboxylic acids is 2. The van der Waals surface area contributed by atoms with E-state index >= 15 is 0 Å². The fourth-order valence-corrected chi connectivity index (χ4v) is 4.55. The van der Waals surface area contributed by atoms with Crippen molar-refractivity contribution < 1.29 is 19.1 Å². The molecule has 2 atom stereocenters. The minimum Gasteiger partial charge on any atom is -0.493 e. The van der Waals surface area contributed by atoms with E-state index < -0.39 is 17.6 Å². The summed E-state index contributed by atoms with van der Waals surface area (Å²) < 4.78 is 10.8. The van der Waals surface area contributed by atoms with Gasteiger partial charge in [-0.25, -0.2) is 0 Å². The second-order valence-corrected chi connectivity index (χ2v) is 8.35. The van der Waals surface area contributed by atoms with E-state index in [1.165, 1.54) is 4.90 Å². The summed E-state index contributed by atoms with van der Waals surface area (Å²) in [5.41, 5.74) is 7.61. The van der Waals surface area contributed by atoms with Gasteiger partial charge in [-0.1, -0.05) is 0 Å². The molecule has 2 unspecified atom stereocenters. The van der Waals surface area contributed by atoms with Crippen LogP contribution in [-0.4, -0.2) is 61.0 Å². The van der Waals surface area contributed by atoms with E-state index in [2.05, 4.69) is 6.07 Å². The highest BCUT2D eigenvalue weighted by Crippen LogP contribution is 2.41. The van der Waals surface area contributed by atoms with Crippen molar-refractivity contribution in [2.75, 3.05) is 27.3 Å². The summed E-state index contributed by atoms with van der Waals surface area (Å²) in [6.45, 7) is 5.01. The number of benzene rings is 1. The average Bonchev–Trinajstić information content (AvgIpc) is 3.20. The summed E-state index contributed by atoms with van der Waals surface area (Å²) in [7, 11) is 3.18. The van der Waals surface area contributed by atoms with Gasteiger partial charge in [0.15, 0.2) is 11.5 Å². The topological polar surface area (TPSA) is 109 Å². The molecule has 3 rings (SSSR count). The SMILES string of the molecule is COc1cc2c(cc1OC)C(C)(C)N(C(=O)CC(N)C(=O)N1CCCC1C#N)CC2. The molecule has 2 heterocycles. The maximum atomic E-state index is 13.1. The Labute approximate surface area is 177 Å². The number of likely N-dealkylation sites (tertiary alicyclic amines) is 1. The van der Waals surface area contributed by atoms with Crippen molar-refractivity contribution in [3.8, 4) is 17.6 Å². The number of hydrogen-bond acceptors (Lipinski definition) is 6. The van der Waals surface area contributed by atoms with E-state index in [1.807, 2.05) is 26.0 Å². The number of nitriles is 1. The van der Waals surface area contributed by atoms with Crippen molar-refractivity contribution in [3.05, 3.63) is 23.3 Å². The van der Waals surface area contributed by atoms with E-state index in [1.54, 1.807) is 19.1 Å². The van der Waals surface area contributed by atoms with Gasteiger partial charge in [-0.15, -0.1) is 0 Å². The second kappa shape index (κ2) is 8.52. The molecular formula is C22H30N4O4. The molecular weight excluding hydrogens is 384 g/mol. The van der Waals surface area contributed by atoms with Crippen LogP contribution in [0.25, 0.3) is 0 Å². The van der Waals surface area contributed by atoms with Crippen LogP contribution in [0.4, 0.5) is 0 Å². The molecule has 162 valence electrons. The van der Waals surface area contributed by atoms with E-state index in [-0.39, 0.29) is 18.2 Å².